The Balaban J connectivity index is 1.59. The Bertz CT molecular complexity index is 1460. The van der Waals surface area contributed by atoms with Crippen LogP contribution in [0.25, 0.3) is 10.9 Å². The molecule has 5 rings (SSSR count). The van der Waals surface area contributed by atoms with Crippen molar-refractivity contribution in [3.05, 3.63) is 126 Å². The first-order valence-electron chi connectivity index (χ1n) is 11.1. The maximum Gasteiger partial charge on any atom is 0.520 e. The fraction of sp³-hybridized carbons (Fsp3) is 0.0345. The lowest BCUT2D eigenvalue weighted by Gasteiger charge is -2.12. The Hall–Kier alpha value is -4.84. The van der Waals surface area contributed by atoms with E-state index >= 15 is 0 Å². The number of para-hydroxylation sites is 3. The zero-order valence-corrected chi connectivity index (χ0v) is 18.7. The fourth-order valence-corrected chi connectivity index (χ4v) is 3.86. The van der Waals surface area contributed by atoms with Crippen molar-refractivity contribution >= 4 is 23.2 Å². The molecule has 1 heterocycles. The summed E-state index contributed by atoms with van der Waals surface area (Å²) >= 11 is 0. The van der Waals surface area contributed by atoms with Crippen molar-refractivity contribution in [3.63, 3.8) is 0 Å². The number of benzene rings is 4. The highest BCUT2D eigenvalue weighted by molar-refractivity contribution is 5.96. The SMILES string of the molecule is O=C(Oc1ccccc1)Oc1c(Cc2ccccc2)c2ccccc2n1C(=O)Oc1ccccc1. The van der Waals surface area contributed by atoms with Gasteiger partial charge in [0.15, 0.2) is 0 Å². The van der Waals surface area contributed by atoms with E-state index in [-0.39, 0.29) is 5.88 Å². The molecule has 0 radical (unpaired) electrons. The predicted octanol–water partition coefficient (Wildman–Crippen LogP) is 6.86. The van der Waals surface area contributed by atoms with Gasteiger partial charge in [-0.25, -0.2) is 14.2 Å². The van der Waals surface area contributed by atoms with Gasteiger partial charge in [-0.15, -0.1) is 0 Å². The van der Waals surface area contributed by atoms with E-state index in [1.807, 2.05) is 60.7 Å². The number of hydrogen-bond acceptors (Lipinski definition) is 5. The average Bonchev–Trinajstić information content (AvgIpc) is 3.18. The number of carbonyl (C=O) groups is 2. The number of nitrogens with zero attached hydrogens (tertiary/aromatic N) is 1. The zero-order valence-electron chi connectivity index (χ0n) is 18.7. The molecule has 4 aromatic carbocycles. The van der Waals surface area contributed by atoms with Crippen LogP contribution in [0, 0.1) is 0 Å². The number of aromatic nitrogens is 1. The highest BCUT2D eigenvalue weighted by atomic mass is 16.7. The largest absolute Gasteiger partial charge is 0.520 e. The molecule has 35 heavy (non-hydrogen) atoms. The molecule has 0 fully saturated rings. The molecule has 0 aliphatic rings. The minimum atomic E-state index is -0.956. The molecule has 0 aliphatic heterocycles. The van der Waals surface area contributed by atoms with Crippen molar-refractivity contribution < 1.29 is 23.8 Å². The lowest BCUT2D eigenvalue weighted by atomic mass is 10.0. The summed E-state index contributed by atoms with van der Waals surface area (Å²) in [6, 6.07) is 34.4. The lowest BCUT2D eigenvalue weighted by molar-refractivity contribution is 0.147. The molecule has 0 bridgehead atoms. The van der Waals surface area contributed by atoms with Gasteiger partial charge in [0, 0.05) is 17.4 Å². The molecule has 0 aliphatic carbocycles. The number of rotatable bonds is 5. The van der Waals surface area contributed by atoms with Crippen LogP contribution in [-0.2, 0) is 6.42 Å². The Labute approximate surface area is 201 Å². The van der Waals surface area contributed by atoms with Gasteiger partial charge in [0.1, 0.15) is 11.5 Å². The van der Waals surface area contributed by atoms with Gasteiger partial charge in [-0.1, -0.05) is 84.9 Å². The van der Waals surface area contributed by atoms with Crippen molar-refractivity contribution in [2.45, 2.75) is 6.42 Å². The first-order chi connectivity index (χ1) is 17.2. The molecule has 0 unspecified atom stereocenters. The van der Waals surface area contributed by atoms with E-state index in [1.54, 1.807) is 54.6 Å². The first-order valence-corrected chi connectivity index (χ1v) is 11.1. The average molecular weight is 463 g/mol. The number of ether oxygens (including phenoxy) is 3. The third-order valence-corrected chi connectivity index (χ3v) is 5.41. The zero-order chi connectivity index (χ0) is 24.0. The van der Waals surface area contributed by atoms with Gasteiger partial charge in [0.05, 0.1) is 5.52 Å². The van der Waals surface area contributed by atoms with E-state index in [0.717, 1.165) is 10.9 Å². The normalized spacial score (nSPS) is 10.6. The third kappa shape index (κ3) is 4.91. The summed E-state index contributed by atoms with van der Waals surface area (Å²) < 4.78 is 17.9. The second-order valence-electron chi connectivity index (χ2n) is 7.75. The molecule has 0 spiro atoms. The van der Waals surface area contributed by atoms with E-state index in [9.17, 15) is 9.59 Å². The molecule has 0 saturated heterocycles. The summed E-state index contributed by atoms with van der Waals surface area (Å²) in [6.07, 6.45) is -1.22. The summed E-state index contributed by atoms with van der Waals surface area (Å²) in [5, 5.41) is 0.767. The van der Waals surface area contributed by atoms with Crippen molar-refractivity contribution in [2.75, 3.05) is 0 Å². The molecular weight excluding hydrogens is 442 g/mol. The number of fused-ring (bicyclic) bond motifs is 1. The maximum absolute atomic E-state index is 13.4. The molecule has 0 N–H and O–H groups in total. The van der Waals surface area contributed by atoms with Crippen LogP contribution >= 0.6 is 0 Å². The van der Waals surface area contributed by atoms with Gasteiger partial charge in [0.2, 0.25) is 5.88 Å². The maximum atomic E-state index is 13.4. The third-order valence-electron chi connectivity index (χ3n) is 5.41. The molecule has 0 saturated carbocycles. The van der Waals surface area contributed by atoms with Crippen molar-refractivity contribution in [3.8, 4) is 17.4 Å². The summed E-state index contributed by atoms with van der Waals surface area (Å²) in [7, 11) is 0. The van der Waals surface area contributed by atoms with Crippen LogP contribution in [0.3, 0.4) is 0 Å². The Morgan fingerprint density at radius 3 is 1.80 bits per heavy atom. The highest BCUT2D eigenvalue weighted by Gasteiger charge is 2.27. The molecule has 0 amide bonds. The van der Waals surface area contributed by atoms with Crippen molar-refractivity contribution in [1.29, 1.82) is 0 Å². The molecule has 5 aromatic rings. The van der Waals surface area contributed by atoms with Crippen LogP contribution in [-0.4, -0.2) is 16.8 Å². The van der Waals surface area contributed by atoms with Crippen LogP contribution in [0.15, 0.2) is 115 Å². The lowest BCUT2D eigenvalue weighted by Crippen LogP contribution is -2.22. The van der Waals surface area contributed by atoms with Gasteiger partial charge < -0.3 is 14.2 Å². The molecule has 0 atom stereocenters. The minimum Gasteiger partial charge on any atom is -0.410 e. The van der Waals surface area contributed by atoms with Crippen molar-refractivity contribution in [1.82, 2.24) is 4.57 Å². The molecule has 6 nitrogen and oxygen atoms in total. The van der Waals surface area contributed by atoms with Crippen molar-refractivity contribution in [2.24, 2.45) is 0 Å². The topological polar surface area (TPSA) is 66.8 Å². The van der Waals surface area contributed by atoms with E-state index in [1.165, 1.54) is 4.57 Å². The van der Waals surface area contributed by atoms with Crippen LogP contribution in [0.2, 0.25) is 0 Å². The van der Waals surface area contributed by atoms with E-state index in [0.29, 0.717) is 29.0 Å². The summed E-state index contributed by atoms with van der Waals surface area (Å²) in [6.45, 7) is 0. The molecule has 1 aromatic heterocycles. The van der Waals surface area contributed by atoms with Crippen LogP contribution < -0.4 is 14.2 Å². The van der Waals surface area contributed by atoms with Crippen LogP contribution in [0.1, 0.15) is 11.1 Å². The smallest absolute Gasteiger partial charge is 0.410 e. The standard InChI is InChI=1S/C29H21NO5/c31-28(33-22-14-6-2-7-15-22)30-26-19-11-10-18-24(26)25(20-21-12-4-1-5-13-21)27(30)35-29(32)34-23-16-8-3-9-17-23/h1-19H,20H2. The predicted molar refractivity (Wildman–Crippen MR) is 132 cm³/mol. The van der Waals surface area contributed by atoms with E-state index in [2.05, 4.69) is 0 Å². The minimum absolute atomic E-state index is 0.0527. The highest BCUT2D eigenvalue weighted by Crippen LogP contribution is 2.35. The van der Waals surface area contributed by atoms with Gasteiger partial charge >= 0.3 is 12.2 Å². The summed E-state index contributed by atoms with van der Waals surface area (Å²) in [5.41, 5.74) is 2.22. The van der Waals surface area contributed by atoms with Gasteiger partial charge in [0.25, 0.3) is 0 Å². The Morgan fingerprint density at radius 2 is 1.14 bits per heavy atom. The van der Waals surface area contributed by atoms with Gasteiger partial charge in [-0.2, -0.15) is 0 Å². The summed E-state index contributed by atoms with van der Waals surface area (Å²) in [4.78, 5) is 26.1. The fourth-order valence-electron chi connectivity index (χ4n) is 3.86. The molecule has 172 valence electrons. The van der Waals surface area contributed by atoms with E-state index in [4.69, 9.17) is 14.2 Å². The van der Waals surface area contributed by atoms with Gasteiger partial charge in [-0.3, -0.25) is 0 Å². The van der Waals surface area contributed by atoms with Crippen LogP contribution in [0.4, 0.5) is 9.59 Å². The second kappa shape index (κ2) is 9.97. The first kappa shape index (κ1) is 22.0. The monoisotopic (exact) mass is 463 g/mol. The van der Waals surface area contributed by atoms with E-state index < -0.39 is 12.2 Å². The van der Waals surface area contributed by atoms with Gasteiger partial charge in [-0.05, 0) is 35.9 Å². The second-order valence-corrected chi connectivity index (χ2v) is 7.75. The molecule has 6 heteroatoms. The van der Waals surface area contributed by atoms with Crippen LogP contribution in [0.5, 0.6) is 17.4 Å². The summed E-state index contributed by atoms with van der Waals surface area (Å²) in [5.74, 6) is 0.756. The molecular formula is C29H21NO5. The Kier molecular flexibility index (Phi) is 6.26. The Morgan fingerprint density at radius 1 is 0.600 bits per heavy atom. The number of hydrogen-bond donors (Lipinski definition) is 0. The number of carbonyl (C=O) groups excluding carboxylic acids is 2. The quantitative estimate of drug-likeness (QED) is 0.210.